The summed E-state index contributed by atoms with van der Waals surface area (Å²) >= 11 is 0. The summed E-state index contributed by atoms with van der Waals surface area (Å²) in [6.07, 6.45) is 4.63. The Balaban J connectivity index is 1.63. The van der Waals surface area contributed by atoms with E-state index in [4.69, 9.17) is 5.11 Å². The van der Waals surface area contributed by atoms with Crippen molar-refractivity contribution in [1.82, 2.24) is 5.32 Å². The summed E-state index contributed by atoms with van der Waals surface area (Å²) in [6, 6.07) is 15.8. The van der Waals surface area contributed by atoms with Crippen LogP contribution in [0.3, 0.4) is 0 Å². The average Bonchev–Trinajstić information content (AvgIpc) is 3.03. The quantitative estimate of drug-likeness (QED) is 0.751. The van der Waals surface area contributed by atoms with E-state index < -0.39 is 0 Å². The molecular weight excluding hydrogens is 300 g/mol. The first kappa shape index (κ1) is 16.3. The molecule has 1 aliphatic carbocycles. The predicted molar refractivity (Wildman–Crippen MR) is 96.9 cm³/mol. The first-order chi connectivity index (χ1) is 11.7. The fourth-order valence-corrected chi connectivity index (χ4v) is 3.04. The van der Waals surface area contributed by atoms with Crippen molar-refractivity contribution in [3.63, 3.8) is 0 Å². The van der Waals surface area contributed by atoms with Crippen LogP contribution in [-0.4, -0.2) is 23.8 Å². The molecule has 2 amide bonds. The van der Waals surface area contributed by atoms with Gasteiger partial charge in [-0.15, -0.1) is 0 Å². The average molecular weight is 322 g/mol. The number of hydrogen-bond donors (Lipinski definition) is 3. The third-order valence-corrected chi connectivity index (χ3v) is 4.29. The molecule has 2 atom stereocenters. The number of aryl methyl sites for hydroxylation is 1. The molecule has 124 valence electrons. The van der Waals surface area contributed by atoms with Crippen LogP contribution in [0.2, 0.25) is 0 Å². The second-order valence-electron chi connectivity index (χ2n) is 6.16. The van der Waals surface area contributed by atoms with Gasteiger partial charge in [0.05, 0.1) is 0 Å². The SMILES string of the molecule is Cc1cc(NC(=O)N[C@@H]2C=C[C@H](CO)C2)ccc1-c1ccccc1. The Bertz CT molecular complexity index is 741. The maximum absolute atomic E-state index is 12.1. The number of amides is 2. The van der Waals surface area contributed by atoms with Gasteiger partial charge in [-0.2, -0.15) is 0 Å². The molecule has 0 spiro atoms. The predicted octanol–water partition coefficient (Wildman–Crippen LogP) is 3.72. The second-order valence-corrected chi connectivity index (χ2v) is 6.16. The first-order valence-electron chi connectivity index (χ1n) is 8.18. The Morgan fingerprint density at radius 2 is 1.96 bits per heavy atom. The highest BCUT2D eigenvalue weighted by Gasteiger charge is 2.19. The number of nitrogens with one attached hydrogen (secondary N) is 2. The van der Waals surface area contributed by atoms with Crippen LogP contribution >= 0.6 is 0 Å². The van der Waals surface area contributed by atoms with Crippen LogP contribution in [0.25, 0.3) is 11.1 Å². The van der Waals surface area contributed by atoms with Gasteiger partial charge in [0.25, 0.3) is 0 Å². The molecule has 24 heavy (non-hydrogen) atoms. The van der Waals surface area contributed by atoms with Crippen molar-refractivity contribution >= 4 is 11.7 Å². The smallest absolute Gasteiger partial charge is 0.319 e. The molecule has 2 aromatic carbocycles. The van der Waals surface area contributed by atoms with E-state index in [1.165, 1.54) is 0 Å². The van der Waals surface area contributed by atoms with Crippen molar-refractivity contribution in [3.8, 4) is 11.1 Å². The van der Waals surface area contributed by atoms with Crippen LogP contribution in [0, 0.1) is 12.8 Å². The van der Waals surface area contributed by atoms with Gasteiger partial charge >= 0.3 is 6.03 Å². The van der Waals surface area contributed by atoms with Crippen LogP contribution < -0.4 is 10.6 Å². The molecule has 3 rings (SSSR count). The lowest BCUT2D eigenvalue weighted by Crippen LogP contribution is -2.36. The third kappa shape index (κ3) is 3.84. The molecular formula is C20H22N2O2. The number of hydrogen-bond acceptors (Lipinski definition) is 2. The first-order valence-corrected chi connectivity index (χ1v) is 8.18. The molecule has 0 bridgehead atoms. The highest BCUT2D eigenvalue weighted by molar-refractivity contribution is 5.90. The van der Waals surface area contributed by atoms with Crippen LogP contribution in [0.4, 0.5) is 10.5 Å². The molecule has 0 heterocycles. The van der Waals surface area contributed by atoms with E-state index in [0.29, 0.717) is 0 Å². The van der Waals surface area contributed by atoms with E-state index in [0.717, 1.165) is 28.8 Å². The van der Waals surface area contributed by atoms with Gasteiger partial charge in [0.2, 0.25) is 0 Å². The minimum absolute atomic E-state index is 0.0214. The minimum Gasteiger partial charge on any atom is -0.396 e. The van der Waals surface area contributed by atoms with Gasteiger partial charge in [-0.3, -0.25) is 0 Å². The Morgan fingerprint density at radius 3 is 2.62 bits per heavy atom. The normalized spacial score (nSPS) is 19.2. The summed E-state index contributed by atoms with van der Waals surface area (Å²) in [7, 11) is 0. The Hall–Kier alpha value is -2.59. The number of carbonyl (C=O) groups excluding carboxylic acids is 1. The van der Waals surface area contributed by atoms with Gasteiger partial charge in [0.1, 0.15) is 0 Å². The fraction of sp³-hybridized carbons (Fsp3) is 0.250. The molecule has 0 radical (unpaired) electrons. The zero-order chi connectivity index (χ0) is 16.9. The van der Waals surface area contributed by atoms with E-state index in [2.05, 4.69) is 22.8 Å². The largest absolute Gasteiger partial charge is 0.396 e. The molecule has 0 fully saturated rings. The molecule has 0 aromatic heterocycles. The van der Waals surface area contributed by atoms with Gasteiger partial charge in [0.15, 0.2) is 0 Å². The standard InChI is InChI=1S/C20H22N2O2/c1-14-11-17(9-10-19(14)16-5-3-2-4-6-16)21-20(24)22-18-8-7-15(12-18)13-23/h2-11,15,18,23H,12-13H2,1H3,(H2,21,22,24)/t15-,18+/m0/s1. The van der Waals surface area contributed by atoms with Crippen molar-refractivity contribution < 1.29 is 9.90 Å². The summed E-state index contributed by atoms with van der Waals surface area (Å²) in [6.45, 7) is 2.16. The number of aliphatic hydroxyl groups is 1. The highest BCUT2D eigenvalue weighted by atomic mass is 16.3. The lowest BCUT2D eigenvalue weighted by molar-refractivity contribution is 0.238. The zero-order valence-electron chi connectivity index (χ0n) is 13.7. The van der Waals surface area contributed by atoms with E-state index >= 15 is 0 Å². The number of carbonyl (C=O) groups is 1. The molecule has 0 saturated carbocycles. The van der Waals surface area contributed by atoms with Crippen molar-refractivity contribution in [2.24, 2.45) is 5.92 Å². The van der Waals surface area contributed by atoms with Crippen molar-refractivity contribution in [2.75, 3.05) is 11.9 Å². The van der Waals surface area contributed by atoms with Crippen LogP contribution in [-0.2, 0) is 0 Å². The van der Waals surface area contributed by atoms with Crippen LogP contribution in [0.15, 0.2) is 60.7 Å². The van der Waals surface area contributed by atoms with Crippen LogP contribution in [0.5, 0.6) is 0 Å². The van der Waals surface area contributed by atoms with Gasteiger partial charge < -0.3 is 15.7 Å². The maximum Gasteiger partial charge on any atom is 0.319 e. The molecule has 0 saturated heterocycles. The molecule has 2 aromatic rings. The molecule has 0 unspecified atom stereocenters. The van der Waals surface area contributed by atoms with E-state index in [1.54, 1.807) is 0 Å². The number of aliphatic hydroxyl groups excluding tert-OH is 1. The molecule has 4 heteroatoms. The summed E-state index contributed by atoms with van der Waals surface area (Å²) in [5.74, 6) is 0.141. The topological polar surface area (TPSA) is 61.4 Å². The van der Waals surface area contributed by atoms with Gasteiger partial charge in [-0.1, -0.05) is 48.6 Å². The molecule has 4 nitrogen and oxygen atoms in total. The van der Waals surface area contributed by atoms with Gasteiger partial charge in [-0.05, 0) is 42.2 Å². The maximum atomic E-state index is 12.1. The number of rotatable bonds is 4. The van der Waals surface area contributed by atoms with Crippen molar-refractivity contribution in [3.05, 3.63) is 66.2 Å². The van der Waals surface area contributed by atoms with Crippen molar-refractivity contribution in [2.45, 2.75) is 19.4 Å². The van der Waals surface area contributed by atoms with Gasteiger partial charge in [0, 0.05) is 24.3 Å². The number of urea groups is 1. The van der Waals surface area contributed by atoms with E-state index in [-0.39, 0.29) is 24.6 Å². The lowest BCUT2D eigenvalue weighted by Gasteiger charge is -2.14. The fourth-order valence-electron chi connectivity index (χ4n) is 3.04. The summed E-state index contributed by atoms with van der Waals surface area (Å²) in [5.41, 5.74) is 4.20. The number of anilines is 1. The molecule has 1 aliphatic rings. The Morgan fingerprint density at radius 1 is 1.17 bits per heavy atom. The van der Waals surface area contributed by atoms with Crippen LogP contribution in [0.1, 0.15) is 12.0 Å². The second kappa shape index (κ2) is 7.32. The van der Waals surface area contributed by atoms with E-state index in [9.17, 15) is 4.79 Å². The third-order valence-electron chi connectivity index (χ3n) is 4.29. The molecule has 3 N–H and O–H groups in total. The van der Waals surface area contributed by atoms with Gasteiger partial charge in [-0.25, -0.2) is 4.79 Å². The summed E-state index contributed by atoms with van der Waals surface area (Å²) in [5, 5.41) is 14.9. The minimum atomic E-state index is -0.227. The zero-order valence-corrected chi connectivity index (χ0v) is 13.7. The Kier molecular flexibility index (Phi) is 4.96. The van der Waals surface area contributed by atoms with Crippen molar-refractivity contribution in [1.29, 1.82) is 0 Å². The summed E-state index contributed by atoms with van der Waals surface area (Å²) < 4.78 is 0. The monoisotopic (exact) mass is 322 g/mol. The lowest BCUT2D eigenvalue weighted by atomic mass is 10.0. The van der Waals surface area contributed by atoms with E-state index in [1.807, 2.05) is 55.5 Å². The Labute approximate surface area is 142 Å². The molecule has 0 aliphatic heterocycles. The number of benzene rings is 2. The summed E-state index contributed by atoms with van der Waals surface area (Å²) in [4.78, 5) is 12.1. The highest BCUT2D eigenvalue weighted by Crippen LogP contribution is 2.25.